The Bertz CT molecular complexity index is 2940. The molecule has 0 N–H and O–H groups in total. The van der Waals surface area contributed by atoms with Crippen molar-refractivity contribution in [3.8, 4) is 16.8 Å². The molecule has 0 saturated carbocycles. The summed E-state index contributed by atoms with van der Waals surface area (Å²) in [5.41, 5.74) is 14.7. The van der Waals surface area contributed by atoms with Crippen LogP contribution in [0.3, 0.4) is 0 Å². The van der Waals surface area contributed by atoms with Crippen LogP contribution in [0.1, 0.15) is 22.3 Å². The zero-order valence-corrected chi connectivity index (χ0v) is 29.4. The van der Waals surface area contributed by atoms with Gasteiger partial charge in [0, 0.05) is 38.9 Å². The van der Waals surface area contributed by atoms with Crippen LogP contribution in [-0.2, 0) is 5.41 Å². The van der Waals surface area contributed by atoms with Crippen LogP contribution in [0.5, 0.6) is 0 Å². The standard InChI is InChI=1S/C51H34N2O/c1-4-14-36(15-5-1)51(37-16-6-2-7-17-37)46-22-12-10-20-42(46)43-31-29-41(34-47(43)51)52(38-18-8-3-9-19-38)39-25-27-40(28-26-39)53-48-23-13-11-21-44(48)45-30-24-35-32-33-54-50(35)49(45)53/h1-34H. The Morgan fingerprint density at radius 1 is 0.444 bits per heavy atom. The SMILES string of the molecule is c1ccc(N(c2ccc(-n3c4ccccc4c4ccc5ccoc5c43)cc2)c2ccc3c(c2)C(c2ccccc2)(c2ccccc2)c2ccccc2-3)cc1. The molecule has 8 aromatic carbocycles. The first kappa shape index (κ1) is 30.5. The lowest BCUT2D eigenvalue weighted by molar-refractivity contribution is 0.618. The summed E-state index contributed by atoms with van der Waals surface area (Å²) in [5, 5.41) is 3.49. The van der Waals surface area contributed by atoms with E-state index >= 15 is 0 Å². The molecule has 0 radical (unpaired) electrons. The second kappa shape index (κ2) is 12.0. The van der Waals surface area contributed by atoms with Crippen LogP contribution in [-0.4, -0.2) is 4.57 Å². The first-order chi connectivity index (χ1) is 26.8. The number of para-hydroxylation sites is 2. The summed E-state index contributed by atoms with van der Waals surface area (Å²) in [4.78, 5) is 2.38. The minimum absolute atomic E-state index is 0.482. The number of nitrogens with zero attached hydrogens (tertiary/aromatic N) is 2. The number of hydrogen-bond donors (Lipinski definition) is 0. The van der Waals surface area contributed by atoms with Crippen molar-refractivity contribution in [1.82, 2.24) is 4.57 Å². The molecule has 0 saturated heterocycles. The Labute approximate surface area is 313 Å². The zero-order valence-electron chi connectivity index (χ0n) is 29.4. The minimum atomic E-state index is -0.482. The second-order valence-corrected chi connectivity index (χ2v) is 14.1. The van der Waals surface area contributed by atoms with E-state index in [4.69, 9.17) is 4.42 Å². The maximum atomic E-state index is 6.11. The van der Waals surface area contributed by atoms with Gasteiger partial charge < -0.3 is 13.9 Å². The first-order valence-electron chi connectivity index (χ1n) is 18.5. The number of anilines is 3. The molecule has 2 aromatic heterocycles. The Morgan fingerprint density at radius 2 is 1.06 bits per heavy atom. The van der Waals surface area contributed by atoms with Gasteiger partial charge in [0.1, 0.15) is 0 Å². The molecule has 0 bridgehead atoms. The van der Waals surface area contributed by atoms with Crippen molar-refractivity contribution < 1.29 is 4.42 Å². The summed E-state index contributed by atoms with van der Waals surface area (Å²) in [6.07, 6.45) is 1.78. The van der Waals surface area contributed by atoms with E-state index < -0.39 is 5.41 Å². The summed E-state index contributed by atoms with van der Waals surface area (Å²) in [7, 11) is 0. The molecule has 1 aliphatic rings. The summed E-state index contributed by atoms with van der Waals surface area (Å²) < 4.78 is 8.45. The number of hydrogen-bond acceptors (Lipinski definition) is 2. The second-order valence-electron chi connectivity index (χ2n) is 14.1. The van der Waals surface area contributed by atoms with E-state index in [1.54, 1.807) is 6.26 Å². The third-order valence-corrected chi connectivity index (χ3v) is 11.3. The van der Waals surface area contributed by atoms with E-state index in [0.29, 0.717) is 0 Å². The van der Waals surface area contributed by atoms with Gasteiger partial charge in [-0.2, -0.15) is 0 Å². The first-order valence-corrected chi connectivity index (χ1v) is 18.5. The molecule has 1 aliphatic carbocycles. The third-order valence-electron chi connectivity index (χ3n) is 11.3. The van der Waals surface area contributed by atoms with Gasteiger partial charge in [-0.3, -0.25) is 0 Å². The Morgan fingerprint density at radius 3 is 1.81 bits per heavy atom. The highest BCUT2D eigenvalue weighted by atomic mass is 16.3. The largest absolute Gasteiger partial charge is 0.462 e. The average Bonchev–Trinajstić information content (AvgIpc) is 3.94. The van der Waals surface area contributed by atoms with Gasteiger partial charge >= 0.3 is 0 Å². The van der Waals surface area contributed by atoms with Gasteiger partial charge in [-0.15, -0.1) is 0 Å². The van der Waals surface area contributed by atoms with Gasteiger partial charge in [0.25, 0.3) is 0 Å². The van der Waals surface area contributed by atoms with Crippen molar-refractivity contribution >= 4 is 49.8 Å². The monoisotopic (exact) mass is 690 g/mol. The molecule has 0 amide bonds. The topological polar surface area (TPSA) is 21.3 Å². The van der Waals surface area contributed by atoms with Crippen LogP contribution >= 0.6 is 0 Å². The fraction of sp³-hybridized carbons (Fsp3) is 0.0196. The maximum absolute atomic E-state index is 6.11. The van der Waals surface area contributed by atoms with Crippen LogP contribution in [0.2, 0.25) is 0 Å². The normalized spacial score (nSPS) is 13.0. The van der Waals surface area contributed by atoms with E-state index in [9.17, 15) is 0 Å². The molecule has 0 atom stereocenters. The van der Waals surface area contributed by atoms with Crippen molar-refractivity contribution in [3.63, 3.8) is 0 Å². The molecule has 54 heavy (non-hydrogen) atoms. The third kappa shape index (κ3) is 4.36. The summed E-state index contributed by atoms with van der Waals surface area (Å²) in [5.74, 6) is 0. The van der Waals surface area contributed by atoms with E-state index in [1.165, 1.54) is 44.2 Å². The van der Waals surface area contributed by atoms with Crippen molar-refractivity contribution in [2.75, 3.05) is 4.90 Å². The molecule has 3 heteroatoms. The fourth-order valence-corrected chi connectivity index (χ4v) is 9.09. The Hall–Kier alpha value is -7.10. The molecule has 11 rings (SSSR count). The van der Waals surface area contributed by atoms with Crippen LogP contribution in [0.25, 0.3) is 49.6 Å². The van der Waals surface area contributed by atoms with Crippen molar-refractivity contribution in [3.05, 3.63) is 229 Å². The lowest BCUT2D eigenvalue weighted by Gasteiger charge is -2.35. The summed E-state index contributed by atoms with van der Waals surface area (Å²) >= 11 is 0. The van der Waals surface area contributed by atoms with Gasteiger partial charge in [-0.25, -0.2) is 0 Å². The van der Waals surface area contributed by atoms with Crippen LogP contribution in [0, 0.1) is 0 Å². The average molecular weight is 691 g/mol. The molecule has 0 spiro atoms. The van der Waals surface area contributed by atoms with E-state index in [1.807, 2.05) is 6.07 Å². The molecule has 254 valence electrons. The van der Waals surface area contributed by atoms with Gasteiger partial charge in [0.05, 0.1) is 22.7 Å². The Kier molecular flexibility index (Phi) is 6.77. The fourth-order valence-electron chi connectivity index (χ4n) is 9.09. The van der Waals surface area contributed by atoms with Gasteiger partial charge in [0.15, 0.2) is 5.58 Å². The number of furan rings is 1. The number of fused-ring (bicyclic) bond motifs is 8. The van der Waals surface area contributed by atoms with Crippen LogP contribution in [0.4, 0.5) is 17.1 Å². The molecular weight excluding hydrogens is 657 g/mol. The molecule has 0 fully saturated rings. The highest BCUT2D eigenvalue weighted by Gasteiger charge is 2.46. The Balaban J connectivity index is 1.12. The number of rotatable bonds is 6. The van der Waals surface area contributed by atoms with E-state index in [-0.39, 0.29) is 0 Å². The van der Waals surface area contributed by atoms with Crippen LogP contribution in [0.15, 0.2) is 211 Å². The maximum Gasteiger partial charge on any atom is 0.158 e. The van der Waals surface area contributed by atoms with E-state index in [2.05, 4.69) is 204 Å². The van der Waals surface area contributed by atoms with Crippen molar-refractivity contribution in [1.29, 1.82) is 0 Å². The molecule has 10 aromatic rings. The lowest BCUT2D eigenvalue weighted by atomic mass is 9.67. The van der Waals surface area contributed by atoms with E-state index in [0.717, 1.165) is 44.8 Å². The van der Waals surface area contributed by atoms with Crippen molar-refractivity contribution in [2.45, 2.75) is 5.41 Å². The molecule has 3 nitrogen and oxygen atoms in total. The number of benzene rings is 8. The zero-order chi connectivity index (χ0) is 35.6. The highest BCUT2D eigenvalue weighted by molar-refractivity contribution is 6.17. The minimum Gasteiger partial charge on any atom is -0.462 e. The summed E-state index contributed by atoms with van der Waals surface area (Å²) in [6, 6.07) is 72.7. The molecule has 0 aliphatic heterocycles. The predicted molar refractivity (Wildman–Crippen MR) is 223 cm³/mol. The molecule has 2 heterocycles. The lowest BCUT2D eigenvalue weighted by Crippen LogP contribution is -2.28. The molecular formula is C51H34N2O. The van der Waals surface area contributed by atoms with Gasteiger partial charge in [-0.05, 0) is 94.0 Å². The highest BCUT2D eigenvalue weighted by Crippen LogP contribution is 2.57. The van der Waals surface area contributed by atoms with Crippen LogP contribution < -0.4 is 4.90 Å². The van der Waals surface area contributed by atoms with Gasteiger partial charge in [-0.1, -0.05) is 140 Å². The summed E-state index contributed by atoms with van der Waals surface area (Å²) in [6.45, 7) is 0. The smallest absolute Gasteiger partial charge is 0.158 e. The molecule has 0 unspecified atom stereocenters. The van der Waals surface area contributed by atoms with Gasteiger partial charge in [0.2, 0.25) is 0 Å². The van der Waals surface area contributed by atoms with Crippen molar-refractivity contribution in [2.24, 2.45) is 0 Å². The predicted octanol–water partition coefficient (Wildman–Crippen LogP) is 13.4. The quantitative estimate of drug-likeness (QED) is 0.173. The number of aromatic nitrogens is 1.